The van der Waals surface area contributed by atoms with Gasteiger partial charge in [-0.2, -0.15) is 0 Å². The monoisotopic (exact) mass is 377 g/mol. The summed E-state index contributed by atoms with van der Waals surface area (Å²) in [5.41, 5.74) is 2.50. The van der Waals surface area contributed by atoms with Crippen molar-refractivity contribution in [3.05, 3.63) is 98.1 Å². The smallest absolute Gasteiger partial charge is 0.271 e. The molecule has 0 fully saturated rings. The van der Waals surface area contributed by atoms with Crippen LogP contribution < -0.4 is 5.32 Å². The second kappa shape index (κ2) is 7.67. The van der Waals surface area contributed by atoms with Crippen molar-refractivity contribution >= 4 is 23.0 Å². The molecule has 0 saturated carbocycles. The quantitative estimate of drug-likeness (QED) is 0.510. The van der Waals surface area contributed by atoms with Crippen LogP contribution in [0.1, 0.15) is 15.9 Å². The number of nitro benzene ring substituents is 2. The first-order valence-corrected chi connectivity index (χ1v) is 8.26. The molecule has 3 rings (SSSR count). The fourth-order valence-electron chi connectivity index (χ4n) is 2.66. The molecule has 28 heavy (non-hydrogen) atoms. The molecule has 140 valence electrons. The molecule has 0 saturated heterocycles. The van der Waals surface area contributed by atoms with Gasteiger partial charge in [0.1, 0.15) is 0 Å². The van der Waals surface area contributed by atoms with Crippen LogP contribution in [-0.2, 0) is 0 Å². The number of nitro groups is 2. The Hall–Kier alpha value is -4.07. The zero-order valence-electron chi connectivity index (χ0n) is 14.8. The highest BCUT2D eigenvalue weighted by Gasteiger charge is 2.16. The van der Waals surface area contributed by atoms with Gasteiger partial charge in [-0.1, -0.05) is 17.7 Å². The molecule has 3 aromatic carbocycles. The molecule has 3 aromatic rings. The van der Waals surface area contributed by atoms with Crippen LogP contribution in [0.15, 0.2) is 66.7 Å². The topological polar surface area (TPSA) is 115 Å². The van der Waals surface area contributed by atoms with Crippen LogP contribution in [0.2, 0.25) is 0 Å². The van der Waals surface area contributed by atoms with Gasteiger partial charge in [0.15, 0.2) is 0 Å². The molecule has 0 aliphatic rings. The van der Waals surface area contributed by atoms with Crippen LogP contribution in [0.4, 0.5) is 17.1 Å². The van der Waals surface area contributed by atoms with Crippen LogP contribution >= 0.6 is 0 Å². The Kier molecular flexibility index (Phi) is 5.12. The van der Waals surface area contributed by atoms with E-state index in [2.05, 4.69) is 5.32 Å². The van der Waals surface area contributed by atoms with E-state index in [9.17, 15) is 25.0 Å². The van der Waals surface area contributed by atoms with Gasteiger partial charge in [-0.05, 0) is 42.8 Å². The minimum absolute atomic E-state index is 0.0732. The lowest BCUT2D eigenvalue weighted by Crippen LogP contribution is -2.12. The van der Waals surface area contributed by atoms with Crippen molar-refractivity contribution in [3.63, 3.8) is 0 Å². The minimum Gasteiger partial charge on any atom is -0.321 e. The lowest BCUT2D eigenvalue weighted by molar-refractivity contribution is -0.385. The average molecular weight is 377 g/mol. The number of hydrogen-bond acceptors (Lipinski definition) is 5. The third kappa shape index (κ3) is 4.01. The summed E-state index contributed by atoms with van der Waals surface area (Å²) in [6.07, 6.45) is 0. The van der Waals surface area contributed by atoms with Gasteiger partial charge in [-0.15, -0.1) is 0 Å². The van der Waals surface area contributed by atoms with Crippen molar-refractivity contribution in [2.45, 2.75) is 6.92 Å². The maximum absolute atomic E-state index is 12.6. The molecular formula is C20H15N3O5. The molecule has 1 amide bonds. The Balaban J connectivity index is 2.00. The van der Waals surface area contributed by atoms with E-state index in [1.807, 2.05) is 6.92 Å². The van der Waals surface area contributed by atoms with Crippen molar-refractivity contribution in [2.75, 3.05) is 5.32 Å². The van der Waals surface area contributed by atoms with E-state index >= 15 is 0 Å². The summed E-state index contributed by atoms with van der Waals surface area (Å²) < 4.78 is 0. The standard InChI is InChI=1S/C20H15N3O5/c1-13-2-4-15(5-3-13)20(24)21-19-12-17(23(27)28)10-11-18(19)14-6-8-16(9-7-14)22(25)26/h2-12H,1H3,(H,21,24). The molecule has 0 aromatic heterocycles. The highest BCUT2D eigenvalue weighted by Crippen LogP contribution is 2.32. The molecule has 0 unspecified atom stereocenters. The number of nitrogens with zero attached hydrogens (tertiary/aromatic N) is 2. The number of amides is 1. The number of carbonyl (C=O) groups excluding carboxylic acids is 1. The fourth-order valence-corrected chi connectivity index (χ4v) is 2.66. The summed E-state index contributed by atoms with van der Waals surface area (Å²) >= 11 is 0. The van der Waals surface area contributed by atoms with Gasteiger partial charge in [-0.25, -0.2) is 0 Å². The second-order valence-corrected chi connectivity index (χ2v) is 6.11. The maximum Gasteiger partial charge on any atom is 0.271 e. The lowest BCUT2D eigenvalue weighted by atomic mass is 10.0. The van der Waals surface area contributed by atoms with E-state index in [0.717, 1.165) is 5.56 Å². The van der Waals surface area contributed by atoms with E-state index in [1.54, 1.807) is 24.3 Å². The summed E-state index contributed by atoms with van der Waals surface area (Å²) in [5, 5.41) is 24.7. The molecular weight excluding hydrogens is 362 g/mol. The fraction of sp³-hybridized carbons (Fsp3) is 0.0500. The molecule has 0 spiro atoms. The first-order valence-electron chi connectivity index (χ1n) is 8.26. The van der Waals surface area contributed by atoms with Crippen LogP contribution in [0.25, 0.3) is 11.1 Å². The minimum atomic E-state index is -0.554. The Bertz CT molecular complexity index is 1060. The van der Waals surface area contributed by atoms with E-state index in [-0.39, 0.29) is 17.1 Å². The van der Waals surface area contributed by atoms with Crippen LogP contribution in [0.3, 0.4) is 0 Å². The molecule has 0 aliphatic heterocycles. The second-order valence-electron chi connectivity index (χ2n) is 6.11. The molecule has 0 aliphatic carbocycles. The first-order chi connectivity index (χ1) is 13.3. The molecule has 8 heteroatoms. The number of carbonyl (C=O) groups is 1. The number of hydrogen-bond donors (Lipinski definition) is 1. The van der Waals surface area contributed by atoms with E-state index in [0.29, 0.717) is 16.7 Å². The summed E-state index contributed by atoms with van der Waals surface area (Å²) in [5.74, 6) is -0.413. The normalized spacial score (nSPS) is 10.3. The highest BCUT2D eigenvalue weighted by molar-refractivity contribution is 6.06. The summed E-state index contributed by atoms with van der Waals surface area (Å²) in [6.45, 7) is 1.90. The predicted octanol–water partition coefficient (Wildman–Crippen LogP) is 4.73. The Morgan fingerprint density at radius 1 is 0.821 bits per heavy atom. The van der Waals surface area contributed by atoms with Gasteiger partial charge in [-0.3, -0.25) is 25.0 Å². The number of anilines is 1. The Labute approximate surface area is 159 Å². The predicted molar refractivity (Wildman–Crippen MR) is 104 cm³/mol. The van der Waals surface area contributed by atoms with Gasteiger partial charge < -0.3 is 5.32 Å². The molecule has 0 bridgehead atoms. The van der Waals surface area contributed by atoms with Crippen LogP contribution in [0, 0.1) is 27.2 Å². The van der Waals surface area contributed by atoms with Crippen LogP contribution in [0.5, 0.6) is 0 Å². The molecule has 0 radical (unpaired) electrons. The Morgan fingerprint density at radius 3 is 1.96 bits per heavy atom. The summed E-state index contributed by atoms with van der Waals surface area (Å²) in [6, 6.07) is 16.7. The third-order valence-electron chi connectivity index (χ3n) is 4.17. The maximum atomic E-state index is 12.6. The molecule has 8 nitrogen and oxygen atoms in total. The SMILES string of the molecule is Cc1ccc(C(=O)Nc2cc([N+](=O)[O-])ccc2-c2ccc([N+](=O)[O-])cc2)cc1. The number of aryl methyl sites for hydroxylation is 1. The number of non-ortho nitro benzene ring substituents is 2. The van der Waals surface area contributed by atoms with Crippen molar-refractivity contribution < 1.29 is 14.6 Å². The van der Waals surface area contributed by atoms with Crippen molar-refractivity contribution in [2.24, 2.45) is 0 Å². The average Bonchev–Trinajstić information content (AvgIpc) is 2.68. The molecule has 1 N–H and O–H groups in total. The van der Waals surface area contributed by atoms with Crippen molar-refractivity contribution in [1.82, 2.24) is 0 Å². The zero-order valence-corrected chi connectivity index (χ0v) is 14.8. The summed E-state index contributed by atoms with van der Waals surface area (Å²) in [7, 11) is 0. The number of benzene rings is 3. The third-order valence-corrected chi connectivity index (χ3v) is 4.17. The Morgan fingerprint density at radius 2 is 1.39 bits per heavy atom. The number of rotatable bonds is 5. The van der Waals surface area contributed by atoms with Gasteiger partial charge in [0.2, 0.25) is 0 Å². The highest BCUT2D eigenvalue weighted by atomic mass is 16.6. The first kappa shape index (κ1) is 18.7. The van der Waals surface area contributed by atoms with E-state index < -0.39 is 15.8 Å². The summed E-state index contributed by atoms with van der Waals surface area (Å²) in [4.78, 5) is 33.5. The van der Waals surface area contributed by atoms with E-state index in [4.69, 9.17) is 0 Å². The zero-order chi connectivity index (χ0) is 20.3. The number of nitrogens with one attached hydrogen (secondary N) is 1. The van der Waals surface area contributed by atoms with Gasteiger partial charge in [0, 0.05) is 35.4 Å². The van der Waals surface area contributed by atoms with Crippen LogP contribution in [-0.4, -0.2) is 15.8 Å². The van der Waals surface area contributed by atoms with Crippen molar-refractivity contribution in [3.8, 4) is 11.1 Å². The van der Waals surface area contributed by atoms with Gasteiger partial charge >= 0.3 is 0 Å². The van der Waals surface area contributed by atoms with Crippen molar-refractivity contribution in [1.29, 1.82) is 0 Å². The molecule has 0 atom stereocenters. The lowest BCUT2D eigenvalue weighted by Gasteiger charge is -2.12. The largest absolute Gasteiger partial charge is 0.321 e. The molecule has 0 heterocycles. The van der Waals surface area contributed by atoms with E-state index in [1.165, 1.54) is 42.5 Å². The van der Waals surface area contributed by atoms with Gasteiger partial charge in [0.25, 0.3) is 17.3 Å². The van der Waals surface area contributed by atoms with Gasteiger partial charge in [0.05, 0.1) is 15.5 Å².